The summed E-state index contributed by atoms with van der Waals surface area (Å²) in [4.78, 5) is 0. The first kappa shape index (κ1) is 17.2. The Bertz CT molecular complexity index is 752. The summed E-state index contributed by atoms with van der Waals surface area (Å²) in [5.74, 6) is 0. The molecule has 1 aromatic heterocycles. The second-order valence-electron chi connectivity index (χ2n) is 5.65. The van der Waals surface area contributed by atoms with Gasteiger partial charge in [0.25, 0.3) is 0 Å². The minimum atomic E-state index is 0. The van der Waals surface area contributed by atoms with E-state index in [9.17, 15) is 0 Å². The average molecular weight is 321 g/mol. The van der Waals surface area contributed by atoms with Gasteiger partial charge in [-0.05, 0) is 64.4 Å². The predicted molar refractivity (Wildman–Crippen MR) is 105 cm³/mol. The van der Waals surface area contributed by atoms with Crippen molar-refractivity contribution >= 4 is 16.9 Å². The molecule has 0 nitrogen and oxygen atoms in total. The third-order valence-electron chi connectivity index (χ3n) is 3.96. The Hall–Kier alpha value is -2.12. The molecule has 0 aliphatic rings. The van der Waals surface area contributed by atoms with Gasteiger partial charge < -0.3 is 0 Å². The lowest BCUT2D eigenvalue weighted by Crippen LogP contribution is -1.95. The average Bonchev–Trinajstić information content (AvgIpc) is 3.08. The van der Waals surface area contributed by atoms with Gasteiger partial charge in [-0.15, -0.1) is 0 Å². The highest BCUT2D eigenvalue weighted by atomic mass is 32.1. The summed E-state index contributed by atoms with van der Waals surface area (Å²) in [5.41, 5.74) is 7.82. The van der Waals surface area contributed by atoms with Gasteiger partial charge in [0.05, 0.1) is 0 Å². The Morgan fingerprint density at radius 1 is 1.00 bits per heavy atom. The van der Waals surface area contributed by atoms with Gasteiger partial charge in [-0.2, -0.15) is 11.3 Å². The standard InChI is InChI=1S/C21H20S.CH4/c1-16(2)18-10-11-21(20-12-13-22-15-20)19(14-18)9-8-17-6-4-3-5-7-17;/h3-7,10-15H,1,8-9H2,2H3;1H4. The van der Waals surface area contributed by atoms with Crippen molar-refractivity contribution in [3.63, 3.8) is 0 Å². The van der Waals surface area contributed by atoms with Crippen LogP contribution in [0, 0.1) is 0 Å². The highest BCUT2D eigenvalue weighted by Crippen LogP contribution is 2.29. The molecule has 0 radical (unpaired) electrons. The first-order valence-electron chi connectivity index (χ1n) is 7.59. The fourth-order valence-electron chi connectivity index (χ4n) is 2.69. The van der Waals surface area contributed by atoms with Gasteiger partial charge in [-0.25, -0.2) is 0 Å². The summed E-state index contributed by atoms with van der Waals surface area (Å²) < 4.78 is 0. The van der Waals surface area contributed by atoms with Crippen LogP contribution in [-0.2, 0) is 12.8 Å². The second-order valence-corrected chi connectivity index (χ2v) is 6.43. The number of thiophene rings is 1. The molecule has 0 saturated carbocycles. The molecular weight excluding hydrogens is 296 g/mol. The molecule has 0 unspecified atom stereocenters. The molecule has 0 spiro atoms. The van der Waals surface area contributed by atoms with Crippen molar-refractivity contribution in [1.82, 2.24) is 0 Å². The van der Waals surface area contributed by atoms with Crippen LogP contribution in [0.25, 0.3) is 16.7 Å². The molecule has 0 aliphatic heterocycles. The summed E-state index contributed by atoms with van der Waals surface area (Å²) in [6.07, 6.45) is 2.12. The van der Waals surface area contributed by atoms with Crippen LogP contribution in [0.4, 0.5) is 0 Å². The smallest absolute Gasteiger partial charge is 0.00146 e. The van der Waals surface area contributed by atoms with Crippen LogP contribution in [0.3, 0.4) is 0 Å². The fourth-order valence-corrected chi connectivity index (χ4v) is 3.34. The molecule has 3 aromatic rings. The zero-order chi connectivity index (χ0) is 15.4. The number of rotatable bonds is 5. The van der Waals surface area contributed by atoms with Crippen molar-refractivity contribution < 1.29 is 0 Å². The van der Waals surface area contributed by atoms with E-state index in [1.807, 2.05) is 0 Å². The number of allylic oxidation sites excluding steroid dienone is 1. The van der Waals surface area contributed by atoms with Crippen LogP contribution in [0.15, 0.2) is 71.9 Å². The maximum absolute atomic E-state index is 4.08. The quantitative estimate of drug-likeness (QED) is 0.481. The number of aryl methyl sites for hydroxylation is 2. The Kier molecular flexibility index (Phi) is 5.95. The van der Waals surface area contributed by atoms with Crippen molar-refractivity contribution in [2.45, 2.75) is 27.2 Å². The highest BCUT2D eigenvalue weighted by molar-refractivity contribution is 7.08. The van der Waals surface area contributed by atoms with Crippen molar-refractivity contribution in [1.29, 1.82) is 0 Å². The largest absolute Gasteiger partial charge is 0.152 e. The Balaban J connectivity index is 0.00000192. The maximum atomic E-state index is 4.08. The van der Waals surface area contributed by atoms with Crippen molar-refractivity contribution in [2.24, 2.45) is 0 Å². The number of benzene rings is 2. The molecule has 1 heteroatoms. The topological polar surface area (TPSA) is 0 Å². The van der Waals surface area contributed by atoms with E-state index in [2.05, 4.69) is 78.9 Å². The summed E-state index contributed by atoms with van der Waals surface area (Å²) in [6, 6.07) is 19.6. The van der Waals surface area contributed by atoms with Crippen molar-refractivity contribution in [2.75, 3.05) is 0 Å². The van der Waals surface area contributed by atoms with Crippen LogP contribution < -0.4 is 0 Å². The summed E-state index contributed by atoms with van der Waals surface area (Å²) in [6.45, 7) is 6.15. The van der Waals surface area contributed by atoms with E-state index in [4.69, 9.17) is 0 Å². The molecule has 0 N–H and O–H groups in total. The van der Waals surface area contributed by atoms with Crippen molar-refractivity contribution in [3.8, 4) is 11.1 Å². The minimum absolute atomic E-state index is 0. The van der Waals surface area contributed by atoms with Gasteiger partial charge in [0.15, 0.2) is 0 Å². The van der Waals surface area contributed by atoms with E-state index in [1.54, 1.807) is 11.3 Å². The Morgan fingerprint density at radius 3 is 2.43 bits per heavy atom. The molecule has 0 saturated heterocycles. The first-order valence-corrected chi connectivity index (χ1v) is 8.53. The van der Waals surface area contributed by atoms with Gasteiger partial charge in [-0.3, -0.25) is 0 Å². The van der Waals surface area contributed by atoms with Crippen LogP contribution >= 0.6 is 11.3 Å². The summed E-state index contributed by atoms with van der Waals surface area (Å²) in [7, 11) is 0. The molecular formula is C22H24S. The van der Waals surface area contributed by atoms with Gasteiger partial charge in [0, 0.05) is 0 Å². The molecule has 0 amide bonds. The van der Waals surface area contributed by atoms with Gasteiger partial charge >= 0.3 is 0 Å². The van der Waals surface area contributed by atoms with Crippen LogP contribution in [0.5, 0.6) is 0 Å². The van der Waals surface area contributed by atoms with E-state index < -0.39 is 0 Å². The molecule has 118 valence electrons. The fraction of sp³-hybridized carbons (Fsp3) is 0.182. The molecule has 3 rings (SSSR count). The molecule has 0 bridgehead atoms. The molecule has 0 atom stereocenters. The molecule has 2 aromatic carbocycles. The third-order valence-corrected chi connectivity index (χ3v) is 4.64. The zero-order valence-corrected chi connectivity index (χ0v) is 13.7. The molecule has 1 heterocycles. The Morgan fingerprint density at radius 2 is 1.78 bits per heavy atom. The lowest BCUT2D eigenvalue weighted by atomic mass is 9.93. The molecule has 23 heavy (non-hydrogen) atoms. The van der Waals surface area contributed by atoms with Gasteiger partial charge in [0.1, 0.15) is 0 Å². The number of hydrogen-bond donors (Lipinski definition) is 0. The van der Waals surface area contributed by atoms with Crippen LogP contribution in [-0.4, -0.2) is 0 Å². The summed E-state index contributed by atoms with van der Waals surface area (Å²) in [5, 5.41) is 4.37. The third kappa shape index (κ3) is 4.20. The van der Waals surface area contributed by atoms with Crippen LogP contribution in [0.2, 0.25) is 0 Å². The van der Waals surface area contributed by atoms with Crippen LogP contribution in [0.1, 0.15) is 31.0 Å². The maximum Gasteiger partial charge on any atom is -0.00146 e. The van der Waals surface area contributed by atoms with Crippen molar-refractivity contribution in [3.05, 3.63) is 88.6 Å². The first-order chi connectivity index (χ1) is 10.7. The van der Waals surface area contributed by atoms with Gasteiger partial charge in [-0.1, -0.05) is 68.1 Å². The normalized spacial score (nSPS) is 10.1. The number of hydrogen-bond acceptors (Lipinski definition) is 1. The monoisotopic (exact) mass is 320 g/mol. The molecule has 0 fully saturated rings. The minimum Gasteiger partial charge on any atom is -0.152 e. The Labute approximate surface area is 144 Å². The van der Waals surface area contributed by atoms with Gasteiger partial charge in [0.2, 0.25) is 0 Å². The highest BCUT2D eigenvalue weighted by Gasteiger charge is 2.08. The summed E-state index contributed by atoms with van der Waals surface area (Å²) >= 11 is 1.75. The SMILES string of the molecule is C.C=C(C)c1ccc(-c2ccsc2)c(CCc2ccccc2)c1. The second kappa shape index (κ2) is 7.94. The van der Waals surface area contributed by atoms with E-state index in [0.29, 0.717) is 0 Å². The predicted octanol–water partition coefficient (Wildman–Crippen LogP) is 6.87. The van der Waals surface area contributed by atoms with E-state index >= 15 is 0 Å². The zero-order valence-electron chi connectivity index (χ0n) is 12.9. The molecule has 0 aliphatic carbocycles. The van der Waals surface area contributed by atoms with E-state index in [1.165, 1.54) is 27.8 Å². The lowest BCUT2D eigenvalue weighted by molar-refractivity contribution is 0.961. The lowest BCUT2D eigenvalue weighted by Gasteiger charge is -2.11. The van der Waals surface area contributed by atoms with E-state index in [0.717, 1.165) is 18.4 Å². The van der Waals surface area contributed by atoms with E-state index in [-0.39, 0.29) is 7.43 Å².